The molecule has 0 bridgehead atoms. The predicted octanol–water partition coefficient (Wildman–Crippen LogP) is 3.47. The van der Waals surface area contributed by atoms with Crippen LogP contribution in [0.3, 0.4) is 0 Å². The number of hydrogen-bond donors (Lipinski definition) is 0. The number of carbonyl (C=O) groups is 3. The fourth-order valence-electron chi connectivity index (χ4n) is 2.64. The van der Waals surface area contributed by atoms with Crippen molar-refractivity contribution in [1.29, 1.82) is 0 Å². The van der Waals surface area contributed by atoms with Crippen molar-refractivity contribution in [2.45, 2.75) is 59.3 Å². The Bertz CT molecular complexity index is 682. The van der Waals surface area contributed by atoms with Gasteiger partial charge in [-0.25, -0.2) is 4.79 Å². The van der Waals surface area contributed by atoms with E-state index in [1.165, 1.54) is 16.8 Å². The van der Waals surface area contributed by atoms with E-state index in [1.54, 1.807) is 27.8 Å². The van der Waals surface area contributed by atoms with Crippen LogP contribution in [0.2, 0.25) is 0 Å². The van der Waals surface area contributed by atoms with Crippen LogP contribution in [-0.2, 0) is 25.7 Å². The molecule has 0 aliphatic heterocycles. The third kappa shape index (κ3) is 8.98. The average Bonchev–Trinajstić information content (AvgIpc) is 2.62. The van der Waals surface area contributed by atoms with Gasteiger partial charge in [-0.2, -0.15) is 0 Å². The fraction of sp³-hybridized carbons (Fsp3) is 0.591. The zero-order valence-electron chi connectivity index (χ0n) is 18.6. The lowest BCUT2D eigenvalue weighted by molar-refractivity contribution is -0.151. The number of likely N-dealkylation sites (N-methyl/N-ethyl adjacent to an activating group) is 2. The van der Waals surface area contributed by atoms with Crippen LogP contribution in [0.4, 0.5) is 4.79 Å². The molecule has 1 rings (SSSR count). The zero-order chi connectivity index (χ0) is 22.2. The van der Waals surface area contributed by atoms with Gasteiger partial charge in [-0.1, -0.05) is 44.2 Å². The van der Waals surface area contributed by atoms with Gasteiger partial charge < -0.3 is 14.4 Å². The number of amides is 2. The third-order valence-electron chi connectivity index (χ3n) is 4.11. The maximum Gasteiger partial charge on any atom is 0.410 e. The molecule has 0 heterocycles. The Morgan fingerprint density at radius 3 is 2.14 bits per heavy atom. The second-order valence-electron chi connectivity index (χ2n) is 8.58. The van der Waals surface area contributed by atoms with Crippen LogP contribution in [0.15, 0.2) is 30.3 Å². The Labute approximate surface area is 174 Å². The summed E-state index contributed by atoms with van der Waals surface area (Å²) in [6.07, 6.45) is -0.116. The molecule has 0 saturated heterocycles. The van der Waals surface area contributed by atoms with Gasteiger partial charge in [0.05, 0.1) is 0 Å². The van der Waals surface area contributed by atoms with Crippen molar-refractivity contribution in [2.24, 2.45) is 5.92 Å². The summed E-state index contributed by atoms with van der Waals surface area (Å²) in [5.41, 5.74) is 0.210. The van der Waals surface area contributed by atoms with E-state index in [4.69, 9.17) is 9.47 Å². The van der Waals surface area contributed by atoms with E-state index in [-0.39, 0.29) is 25.0 Å². The molecule has 0 fully saturated rings. The van der Waals surface area contributed by atoms with Crippen LogP contribution in [0.25, 0.3) is 0 Å². The molecule has 0 aromatic heterocycles. The molecular formula is C22H34N2O5. The van der Waals surface area contributed by atoms with Crippen molar-refractivity contribution < 1.29 is 23.9 Å². The average molecular weight is 407 g/mol. The van der Waals surface area contributed by atoms with Crippen LogP contribution >= 0.6 is 0 Å². The van der Waals surface area contributed by atoms with Gasteiger partial charge in [0, 0.05) is 14.1 Å². The van der Waals surface area contributed by atoms with Crippen molar-refractivity contribution in [3.05, 3.63) is 35.9 Å². The number of nitrogens with zero attached hydrogens (tertiary/aromatic N) is 2. The Hall–Kier alpha value is -2.57. The van der Waals surface area contributed by atoms with E-state index in [9.17, 15) is 14.4 Å². The summed E-state index contributed by atoms with van der Waals surface area (Å²) in [4.78, 5) is 40.1. The quantitative estimate of drug-likeness (QED) is 0.618. The highest BCUT2D eigenvalue weighted by atomic mass is 16.6. The first kappa shape index (κ1) is 24.5. The van der Waals surface area contributed by atoms with Crippen molar-refractivity contribution in [1.82, 2.24) is 9.80 Å². The molecule has 2 amide bonds. The molecule has 0 radical (unpaired) electrons. The molecule has 1 aromatic rings. The lowest BCUT2D eigenvalue weighted by atomic mass is 10.0. The smallest absolute Gasteiger partial charge is 0.410 e. The van der Waals surface area contributed by atoms with Gasteiger partial charge >= 0.3 is 12.1 Å². The Morgan fingerprint density at radius 1 is 1.03 bits per heavy atom. The third-order valence-corrected chi connectivity index (χ3v) is 4.11. The topological polar surface area (TPSA) is 76.2 Å². The Kier molecular flexibility index (Phi) is 9.14. The van der Waals surface area contributed by atoms with E-state index in [1.807, 2.05) is 44.2 Å². The number of hydrogen-bond acceptors (Lipinski definition) is 5. The molecule has 1 aromatic carbocycles. The van der Waals surface area contributed by atoms with E-state index in [2.05, 4.69) is 0 Å². The molecule has 29 heavy (non-hydrogen) atoms. The van der Waals surface area contributed by atoms with Crippen molar-refractivity contribution in [3.63, 3.8) is 0 Å². The summed E-state index contributed by atoms with van der Waals surface area (Å²) in [5.74, 6) is -0.663. The minimum Gasteiger partial charge on any atom is -0.459 e. The van der Waals surface area contributed by atoms with Crippen LogP contribution < -0.4 is 0 Å². The maximum atomic E-state index is 13.0. The molecule has 0 aliphatic rings. The van der Waals surface area contributed by atoms with Gasteiger partial charge in [-0.3, -0.25) is 14.5 Å². The first-order chi connectivity index (χ1) is 13.4. The summed E-state index contributed by atoms with van der Waals surface area (Å²) in [6.45, 7) is 9.21. The monoisotopic (exact) mass is 406 g/mol. The predicted molar refractivity (Wildman–Crippen MR) is 111 cm³/mol. The van der Waals surface area contributed by atoms with Crippen LogP contribution in [0.5, 0.6) is 0 Å². The van der Waals surface area contributed by atoms with Crippen molar-refractivity contribution in [2.75, 3.05) is 20.6 Å². The molecule has 1 atom stereocenters. The van der Waals surface area contributed by atoms with Crippen molar-refractivity contribution >= 4 is 18.0 Å². The Balaban J connectivity index is 2.73. The van der Waals surface area contributed by atoms with Gasteiger partial charge in [0.15, 0.2) is 0 Å². The maximum absolute atomic E-state index is 13.0. The summed E-state index contributed by atoms with van der Waals surface area (Å²) in [6, 6.07) is 8.60. The standard InChI is InChI=1S/C22H34N2O5/c1-16(2)13-18(24(7)21(27)29-22(3,4)5)20(26)23(6)14-19(25)28-15-17-11-9-8-10-12-17/h8-12,16,18H,13-15H2,1-7H3. The van der Waals surface area contributed by atoms with E-state index >= 15 is 0 Å². The zero-order valence-corrected chi connectivity index (χ0v) is 18.6. The lowest BCUT2D eigenvalue weighted by Crippen LogP contribution is -2.51. The van der Waals surface area contributed by atoms with E-state index < -0.39 is 23.7 Å². The largest absolute Gasteiger partial charge is 0.459 e. The molecule has 0 saturated carbocycles. The molecule has 1 unspecified atom stereocenters. The minimum atomic E-state index is -0.725. The van der Waals surface area contributed by atoms with Crippen LogP contribution in [-0.4, -0.2) is 60.1 Å². The summed E-state index contributed by atoms with van der Waals surface area (Å²) >= 11 is 0. The summed E-state index contributed by atoms with van der Waals surface area (Å²) < 4.78 is 10.6. The van der Waals surface area contributed by atoms with Gasteiger partial charge in [0.25, 0.3) is 0 Å². The van der Waals surface area contributed by atoms with E-state index in [0.29, 0.717) is 6.42 Å². The van der Waals surface area contributed by atoms with E-state index in [0.717, 1.165) is 5.56 Å². The summed E-state index contributed by atoms with van der Waals surface area (Å²) in [5, 5.41) is 0. The van der Waals surface area contributed by atoms with Gasteiger partial charge in [0.1, 0.15) is 24.8 Å². The highest BCUT2D eigenvalue weighted by Crippen LogP contribution is 2.17. The molecule has 162 valence electrons. The molecular weight excluding hydrogens is 372 g/mol. The number of esters is 1. The normalized spacial score (nSPS) is 12.3. The number of carbonyl (C=O) groups excluding carboxylic acids is 3. The van der Waals surface area contributed by atoms with Gasteiger partial charge in [-0.05, 0) is 38.7 Å². The van der Waals surface area contributed by atoms with Crippen LogP contribution in [0.1, 0.15) is 46.6 Å². The number of ether oxygens (including phenoxy) is 2. The minimum absolute atomic E-state index is 0.148. The van der Waals surface area contributed by atoms with Gasteiger partial charge in [0.2, 0.25) is 5.91 Å². The molecule has 0 spiro atoms. The number of rotatable bonds is 8. The molecule has 7 heteroatoms. The summed E-state index contributed by atoms with van der Waals surface area (Å²) in [7, 11) is 3.07. The van der Waals surface area contributed by atoms with Crippen molar-refractivity contribution in [3.8, 4) is 0 Å². The Morgan fingerprint density at radius 2 is 1.62 bits per heavy atom. The molecule has 0 aliphatic carbocycles. The van der Waals surface area contributed by atoms with Crippen LogP contribution in [0, 0.1) is 5.92 Å². The molecule has 7 nitrogen and oxygen atoms in total. The first-order valence-electron chi connectivity index (χ1n) is 9.81. The fourth-order valence-corrected chi connectivity index (χ4v) is 2.64. The van der Waals surface area contributed by atoms with Gasteiger partial charge in [-0.15, -0.1) is 0 Å². The highest BCUT2D eigenvalue weighted by molar-refractivity contribution is 5.88. The second-order valence-corrected chi connectivity index (χ2v) is 8.58. The second kappa shape index (κ2) is 10.8. The SMILES string of the molecule is CC(C)CC(C(=O)N(C)CC(=O)OCc1ccccc1)N(C)C(=O)OC(C)(C)C. The molecule has 0 N–H and O–H groups in total. The highest BCUT2D eigenvalue weighted by Gasteiger charge is 2.33. The first-order valence-corrected chi connectivity index (χ1v) is 9.81. The lowest BCUT2D eigenvalue weighted by Gasteiger charge is -2.33. The number of benzene rings is 1.